The number of rotatable bonds is 11. The highest BCUT2D eigenvalue weighted by Crippen LogP contribution is 2.58. The molecule has 4 amide bonds. The molecule has 4 heterocycles. The van der Waals surface area contributed by atoms with Crippen LogP contribution in [-0.4, -0.2) is 93.1 Å². The van der Waals surface area contributed by atoms with Crippen LogP contribution in [-0.2, 0) is 38.3 Å². The Morgan fingerprint density at radius 1 is 0.652 bits per heavy atom. The Hall–Kier alpha value is -5.66. The van der Waals surface area contributed by atoms with Crippen molar-refractivity contribution in [1.82, 2.24) is 40.4 Å². The van der Waals surface area contributed by atoms with E-state index in [0.717, 1.165) is 68.0 Å². The maximum atomic E-state index is 13.9. The van der Waals surface area contributed by atoms with Crippen LogP contribution in [0.2, 0.25) is 0 Å². The fraction of sp³-hybridized carbons (Fsp3) is 0.577. The van der Waals surface area contributed by atoms with Crippen LogP contribution in [0.1, 0.15) is 144 Å². The molecule has 66 heavy (non-hydrogen) atoms. The Balaban J connectivity index is 0.967. The first kappa shape index (κ1) is 44.2. The Labute approximate surface area is 387 Å². The van der Waals surface area contributed by atoms with Crippen LogP contribution in [0.15, 0.2) is 36.7 Å². The first-order valence-corrected chi connectivity index (χ1v) is 24.6. The van der Waals surface area contributed by atoms with E-state index < -0.39 is 24.3 Å². The van der Waals surface area contributed by atoms with Crippen molar-refractivity contribution >= 4 is 24.0 Å². The molecule has 2 saturated carbocycles. The number of alkyl carbamates (subject to hydrolysis) is 2. The van der Waals surface area contributed by atoms with Crippen molar-refractivity contribution in [2.45, 2.75) is 141 Å². The Morgan fingerprint density at radius 2 is 1.14 bits per heavy atom. The average molecular weight is 899 g/mol. The number of benzene rings is 2. The first-order chi connectivity index (χ1) is 31.9. The van der Waals surface area contributed by atoms with Crippen LogP contribution in [0.5, 0.6) is 0 Å². The molecule has 0 bridgehead atoms. The molecular formula is C52H66N8O6. The molecule has 0 radical (unpaired) electrons. The lowest BCUT2D eigenvalue weighted by Gasteiger charge is -2.32. The van der Waals surface area contributed by atoms with Crippen molar-refractivity contribution < 1.29 is 28.7 Å². The molecule has 10 rings (SSSR count). The summed E-state index contributed by atoms with van der Waals surface area (Å²) >= 11 is 0. The fourth-order valence-corrected chi connectivity index (χ4v) is 12.8. The van der Waals surface area contributed by atoms with Crippen LogP contribution in [0.3, 0.4) is 0 Å². The molecule has 1 spiro atoms. The number of carbonyl (C=O) groups excluding carboxylic acids is 4. The molecule has 14 nitrogen and oxygen atoms in total. The third-order valence-electron chi connectivity index (χ3n) is 16.4. The van der Waals surface area contributed by atoms with Crippen LogP contribution in [0.25, 0.3) is 33.6 Å². The maximum Gasteiger partial charge on any atom is 0.407 e. The van der Waals surface area contributed by atoms with Crippen molar-refractivity contribution in [3.8, 4) is 33.6 Å². The highest BCUT2D eigenvalue weighted by molar-refractivity contribution is 5.88. The second-order valence-corrected chi connectivity index (χ2v) is 20.8. The predicted molar refractivity (Wildman–Crippen MR) is 250 cm³/mol. The van der Waals surface area contributed by atoms with E-state index in [0.29, 0.717) is 24.9 Å². The summed E-state index contributed by atoms with van der Waals surface area (Å²) in [5.74, 6) is 2.34. The topological polar surface area (TPSA) is 175 Å². The molecule has 2 saturated heterocycles. The SMILES string of the molecule is COC(=O)NC(C(=O)N1CCCC1c1ncc(-c2ccc(-c3ccc(-c4cnc(C5CCCN5C(=O)C(NC(=O)OC)C(C)C)[nH]4)c4c3C3CCC3C4)c3c2CC2(CCCC2)C3)[nH]1)C(C)C. The summed E-state index contributed by atoms with van der Waals surface area (Å²) in [7, 11) is 2.63. The van der Waals surface area contributed by atoms with Gasteiger partial charge in [0.15, 0.2) is 0 Å². The second kappa shape index (κ2) is 17.5. The molecule has 2 aromatic carbocycles. The summed E-state index contributed by atoms with van der Waals surface area (Å²) in [6, 6.07) is 7.62. The minimum atomic E-state index is -0.685. The molecule has 350 valence electrons. The van der Waals surface area contributed by atoms with E-state index in [-0.39, 0.29) is 41.1 Å². The molecule has 2 aliphatic heterocycles. The lowest BCUT2D eigenvalue weighted by atomic mass is 9.72. The third-order valence-corrected chi connectivity index (χ3v) is 16.4. The summed E-state index contributed by atoms with van der Waals surface area (Å²) in [6.07, 6.45) is 16.7. The zero-order valence-corrected chi connectivity index (χ0v) is 39.4. The predicted octanol–water partition coefficient (Wildman–Crippen LogP) is 8.93. The Kier molecular flexibility index (Phi) is 11.7. The molecule has 4 aromatic rings. The second-order valence-electron chi connectivity index (χ2n) is 20.8. The third kappa shape index (κ3) is 7.65. The number of imidazole rings is 2. The van der Waals surface area contributed by atoms with E-state index in [2.05, 4.69) is 44.9 Å². The van der Waals surface area contributed by atoms with E-state index in [1.807, 2.05) is 49.9 Å². The Bertz CT molecular complexity index is 2540. The van der Waals surface area contributed by atoms with E-state index in [9.17, 15) is 19.2 Å². The maximum absolute atomic E-state index is 13.9. The van der Waals surface area contributed by atoms with E-state index >= 15 is 0 Å². The highest BCUT2D eigenvalue weighted by atomic mass is 16.5. The van der Waals surface area contributed by atoms with Gasteiger partial charge in [-0.1, -0.05) is 64.8 Å². The number of aromatic amines is 2. The zero-order chi connectivity index (χ0) is 46.0. The van der Waals surface area contributed by atoms with Gasteiger partial charge in [0.2, 0.25) is 11.8 Å². The molecular weight excluding hydrogens is 833 g/mol. The molecule has 6 atom stereocenters. The van der Waals surface area contributed by atoms with E-state index in [1.165, 1.54) is 97.3 Å². The number of likely N-dealkylation sites (tertiary alicyclic amines) is 2. The molecule has 6 aliphatic rings. The van der Waals surface area contributed by atoms with Gasteiger partial charge in [-0.05, 0) is 133 Å². The number of H-pyrrole nitrogens is 2. The standard InChI is InChI=1S/C52H66N8O6/c1-28(2)44(57-50(63)65-5)48(61)59-21-9-11-41(59)46-53-26-39(55-46)33-17-18-35(43-31-14-13-30(31)23-36(33)43)32-15-16-34(38-25-52(24-37(32)38)19-7-8-20-52)40-27-54-47(56-40)42-12-10-22-60(42)49(62)45(29(3)4)58-51(64)66-6/h15-18,26-31,41-42,44-45H,7-14,19-25H2,1-6H3,(H,53,55)(H,54,56)(H,57,63)(H,58,64). The minimum absolute atomic E-state index is 0.101. The van der Waals surface area contributed by atoms with Gasteiger partial charge in [-0.15, -0.1) is 0 Å². The number of fused-ring (bicyclic) bond motifs is 4. The van der Waals surface area contributed by atoms with Crippen molar-refractivity contribution in [2.75, 3.05) is 27.3 Å². The number of nitrogens with one attached hydrogen (secondary N) is 4. The molecule has 2 aromatic heterocycles. The lowest BCUT2D eigenvalue weighted by Crippen LogP contribution is -2.51. The first-order valence-electron chi connectivity index (χ1n) is 24.6. The number of amides is 4. The molecule has 14 heteroatoms. The zero-order valence-electron chi connectivity index (χ0n) is 39.4. The number of aromatic nitrogens is 4. The quantitative estimate of drug-likeness (QED) is 0.115. The normalized spacial score (nSPS) is 23.5. The van der Waals surface area contributed by atoms with Gasteiger partial charge >= 0.3 is 12.2 Å². The number of ether oxygens (including phenoxy) is 2. The van der Waals surface area contributed by atoms with Gasteiger partial charge in [0, 0.05) is 24.2 Å². The largest absolute Gasteiger partial charge is 0.453 e. The Morgan fingerprint density at radius 3 is 1.62 bits per heavy atom. The summed E-state index contributed by atoms with van der Waals surface area (Å²) in [4.78, 5) is 73.3. The minimum Gasteiger partial charge on any atom is -0.453 e. The van der Waals surface area contributed by atoms with Crippen LogP contribution >= 0.6 is 0 Å². The van der Waals surface area contributed by atoms with Crippen molar-refractivity contribution in [3.63, 3.8) is 0 Å². The van der Waals surface area contributed by atoms with Gasteiger partial charge in [0.05, 0.1) is 50.1 Å². The smallest absolute Gasteiger partial charge is 0.407 e. The monoisotopic (exact) mass is 899 g/mol. The van der Waals surface area contributed by atoms with Crippen molar-refractivity contribution in [2.24, 2.45) is 23.2 Å². The van der Waals surface area contributed by atoms with Crippen LogP contribution in [0, 0.1) is 23.2 Å². The molecule has 4 N–H and O–H groups in total. The molecule has 6 unspecified atom stereocenters. The summed E-state index contributed by atoms with van der Waals surface area (Å²) < 4.78 is 9.71. The van der Waals surface area contributed by atoms with Gasteiger partial charge in [0.1, 0.15) is 23.7 Å². The van der Waals surface area contributed by atoms with E-state index in [4.69, 9.17) is 19.4 Å². The number of hydrogen-bond donors (Lipinski definition) is 4. The summed E-state index contributed by atoms with van der Waals surface area (Å²) in [6.45, 7) is 8.97. The summed E-state index contributed by atoms with van der Waals surface area (Å²) in [5, 5.41) is 5.53. The number of hydrogen-bond acceptors (Lipinski definition) is 8. The van der Waals surface area contributed by atoms with Gasteiger partial charge in [0.25, 0.3) is 0 Å². The van der Waals surface area contributed by atoms with Gasteiger partial charge < -0.3 is 39.9 Å². The number of methoxy groups -OCH3 is 2. The molecule has 4 aliphatic carbocycles. The van der Waals surface area contributed by atoms with Gasteiger partial charge in [-0.2, -0.15) is 0 Å². The van der Waals surface area contributed by atoms with Crippen molar-refractivity contribution in [3.05, 3.63) is 70.6 Å². The molecule has 4 fully saturated rings. The van der Waals surface area contributed by atoms with Crippen molar-refractivity contribution in [1.29, 1.82) is 0 Å². The average Bonchev–Trinajstić information content (AvgIpc) is 4.16. The van der Waals surface area contributed by atoms with Crippen LogP contribution < -0.4 is 10.6 Å². The van der Waals surface area contributed by atoms with Gasteiger partial charge in [-0.25, -0.2) is 19.6 Å². The lowest BCUT2D eigenvalue weighted by molar-refractivity contribution is -0.136. The number of carbonyl (C=O) groups is 4. The number of nitrogens with zero attached hydrogens (tertiary/aromatic N) is 4. The van der Waals surface area contributed by atoms with E-state index in [1.54, 1.807) is 0 Å². The summed E-state index contributed by atoms with van der Waals surface area (Å²) in [5.41, 5.74) is 13.2. The fourth-order valence-electron chi connectivity index (χ4n) is 12.8. The highest BCUT2D eigenvalue weighted by Gasteiger charge is 2.46. The van der Waals surface area contributed by atoms with Crippen LogP contribution in [0.4, 0.5) is 9.59 Å². The van der Waals surface area contributed by atoms with Gasteiger partial charge in [-0.3, -0.25) is 9.59 Å².